The van der Waals surface area contributed by atoms with E-state index in [2.05, 4.69) is 29.8 Å². The topological polar surface area (TPSA) is 50.1 Å². The molecule has 1 aromatic carbocycles. The number of nitrogens with one attached hydrogen (secondary N) is 1. The van der Waals surface area contributed by atoms with Gasteiger partial charge in [0.2, 0.25) is 0 Å². The lowest BCUT2D eigenvalue weighted by atomic mass is 9.92. The molecule has 2 unspecified atom stereocenters. The first kappa shape index (κ1) is 16.0. The quantitative estimate of drug-likeness (QED) is 0.859. The molecule has 0 bridgehead atoms. The van der Waals surface area contributed by atoms with Crippen LogP contribution in [0, 0.1) is 5.92 Å². The van der Waals surface area contributed by atoms with Gasteiger partial charge in [0.1, 0.15) is 5.82 Å². The second-order valence-corrected chi connectivity index (χ2v) is 6.32. The van der Waals surface area contributed by atoms with E-state index in [1.54, 1.807) is 0 Å². The van der Waals surface area contributed by atoms with Crippen molar-refractivity contribution in [2.45, 2.75) is 52.8 Å². The molecule has 1 aromatic heterocycles. The summed E-state index contributed by atoms with van der Waals surface area (Å²) in [6.45, 7) is 11.6. The highest BCUT2D eigenvalue weighted by molar-refractivity contribution is 5.76. The zero-order chi connectivity index (χ0) is 15.6. The molecule has 4 heteroatoms. The standard InChI is InChI=1S/C17H27N3O/c1-6-20-15-10-8-7-9-14(15)19-16(20)13(4)18-11-17(5,21)12(2)3/h7-10,12-13,18,21H,6,11H2,1-5H3. The lowest BCUT2D eigenvalue weighted by Crippen LogP contribution is -2.43. The van der Waals surface area contributed by atoms with Crippen LogP contribution in [0.5, 0.6) is 0 Å². The van der Waals surface area contributed by atoms with Gasteiger partial charge in [0.25, 0.3) is 0 Å². The average Bonchev–Trinajstić information content (AvgIpc) is 2.83. The zero-order valence-electron chi connectivity index (χ0n) is 13.7. The molecule has 0 spiro atoms. The van der Waals surface area contributed by atoms with Gasteiger partial charge in [0.05, 0.1) is 22.7 Å². The zero-order valence-corrected chi connectivity index (χ0v) is 13.7. The number of nitrogens with zero attached hydrogens (tertiary/aromatic N) is 2. The van der Waals surface area contributed by atoms with E-state index >= 15 is 0 Å². The van der Waals surface area contributed by atoms with Crippen LogP contribution in [0.15, 0.2) is 24.3 Å². The molecule has 0 amide bonds. The van der Waals surface area contributed by atoms with Gasteiger partial charge in [0.15, 0.2) is 0 Å². The van der Waals surface area contributed by atoms with Crippen LogP contribution in [0.1, 0.15) is 46.5 Å². The molecule has 2 aromatic rings. The van der Waals surface area contributed by atoms with Crippen LogP contribution in [0.2, 0.25) is 0 Å². The third-order valence-electron chi connectivity index (χ3n) is 4.40. The molecule has 2 atom stereocenters. The van der Waals surface area contributed by atoms with Crippen LogP contribution in [0.3, 0.4) is 0 Å². The van der Waals surface area contributed by atoms with Gasteiger partial charge in [-0.05, 0) is 38.8 Å². The number of aliphatic hydroxyl groups is 1. The summed E-state index contributed by atoms with van der Waals surface area (Å²) >= 11 is 0. The highest BCUT2D eigenvalue weighted by Crippen LogP contribution is 2.22. The summed E-state index contributed by atoms with van der Waals surface area (Å²) in [6, 6.07) is 8.30. The first-order valence-electron chi connectivity index (χ1n) is 7.77. The fraction of sp³-hybridized carbons (Fsp3) is 0.588. The van der Waals surface area contributed by atoms with Crippen molar-refractivity contribution < 1.29 is 5.11 Å². The van der Waals surface area contributed by atoms with E-state index in [1.807, 2.05) is 39.0 Å². The van der Waals surface area contributed by atoms with Crippen molar-refractivity contribution in [1.82, 2.24) is 14.9 Å². The summed E-state index contributed by atoms with van der Waals surface area (Å²) in [5.41, 5.74) is 1.48. The molecule has 0 fully saturated rings. The number of hydrogen-bond acceptors (Lipinski definition) is 3. The number of para-hydroxylation sites is 2. The third-order valence-corrected chi connectivity index (χ3v) is 4.40. The van der Waals surface area contributed by atoms with Gasteiger partial charge in [-0.3, -0.25) is 0 Å². The predicted octanol–water partition coefficient (Wildman–Crippen LogP) is 3.11. The van der Waals surface area contributed by atoms with E-state index in [4.69, 9.17) is 4.98 Å². The summed E-state index contributed by atoms with van der Waals surface area (Å²) in [7, 11) is 0. The number of rotatable bonds is 6. The molecule has 116 valence electrons. The molecule has 0 radical (unpaired) electrons. The van der Waals surface area contributed by atoms with Crippen molar-refractivity contribution in [3.63, 3.8) is 0 Å². The summed E-state index contributed by atoms with van der Waals surface area (Å²) in [5.74, 6) is 1.24. The van der Waals surface area contributed by atoms with Gasteiger partial charge in [-0.25, -0.2) is 4.98 Å². The maximum Gasteiger partial charge on any atom is 0.126 e. The van der Waals surface area contributed by atoms with Crippen LogP contribution < -0.4 is 5.32 Å². The van der Waals surface area contributed by atoms with E-state index in [-0.39, 0.29) is 12.0 Å². The average molecular weight is 289 g/mol. The minimum absolute atomic E-state index is 0.0996. The van der Waals surface area contributed by atoms with Crippen LogP contribution in [-0.2, 0) is 6.54 Å². The summed E-state index contributed by atoms with van der Waals surface area (Å²) in [6.07, 6.45) is 0. The van der Waals surface area contributed by atoms with Gasteiger partial charge < -0.3 is 15.0 Å². The van der Waals surface area contributed by atoms with E-state index in [1.165, 1.54) is 5.52 Å². The fourth-order valence-electron chi connectivity index (χ4n) is 2.41. The van der Waals surface area contributed by atoms with E-state index in [0.29, 0.717) is 6.54 Å². The Morgan fingerprint density at radius 3 is 2.57 bits per heavy atom. The van der Waals surface area contributed by atoms with Crippen molar-refractivity contribution in [1.29, 1.82) is 0 Å². The Morgan fingerprint density at radius 2 is 1.95 bits per heavy atom. The molecule has 0 saturated heterocycles. The number of aryl methyl sites for hydroxylation is 1. The minimum Gasteiger partial charge on any atom is -0.389 e. The smallest absolute Gasteiger partial charge is 0.126 e. The van der Waals surface area contributed by atoms with Gasteiger partial charge >= 0.3 is 0 Å². The van der Waals surface area contributed by atoms with Gasteiger partial charge in [0, 0.05) is 13.1 Å². The molecular weight excluding hydrogens is 262 g/mol. The van der Waals surface area contributed by atoms with Crippen molar-refractivity contribution >= 4 is 11.0 Å². The third kappa shape index (κ3) is 3.27. The molecule has 0 aliphatic carbocycles. The molecule has 2 rings (SSSR count). The first-order chi connectivity index (χ1) is 9.86. The van der Waals surface area contributed by atoms with Crippen molar-refractivity contribution in [3.05, 3.63) is 30.1 Å². The molecule has 4 nitrogen and oxygen atoms in total. The maximum atomic E-state index is 10.4. The summed E-state index contributed by atoms with van der Waals surface area (Å²) < 4.78 is 2.23. The SMILES string of the molecule is CCn1c(C(C)NCC(C)(O)C(C)C)nc2ccccc21. The van der Waals surface area contributed by atoms with Gasteiger partial charge in [-0.15, -0.1) is 0 Å². The van der Waals surface area contributed by atoms with Crippen LogP contribution >= 0.6 is 0 Å². The van der Waals surface area contributed by atoms with Crippen molar-refractivity contribution in [2.75, 3.05) is 6.54 Å². The Kier molecular flexibility index (Phi) is 4.69. The normalized spacial score (nSPS) is 16.3. The Balaban J connectivity index is 2.21. The van der Waals surface area contributed by atoms with Gasteiger partial charge in [-0.1, -0.05) is 26.0 Å². The second-order valence-electron chi connectivity index (χ2n) is 6.32. The van der Waals surface area contributed by atoms with Crippen LogP contribution in [0.4, 0.5) is 0 Å². The van der Waals surface area contributed by atoms with E-state index in [0.717, 1.165) is 17.9 Å². The number of benzene rings is 1. The number of imidazole rings is 1. The second kappa shape index (κ2) is 6.16. The minimum atomic E-state index is -0.711. The molecular formula is C17H27N3O. The van der Waals surface area contributed by atoms with Crippen LogP contribution in [-0.4, -0.2) is 26.8 Å². The molecule has 0 aliphatic heterocycles. The first-order valence-corrected chi connectivity index (χ1v) is 7.77. The Morgan fingerprint density at radius 1 is 1.29 bits per heavy atom. The van der Waals surface area contributed by atoms with Crippen LogP contribution in [0.25, 0.3) is 11.0 Å². The van der Waals surface area contributed by atoms with Crippen molar-refractivity contribution in [2.24, 2.45) is 5.92 Å². The Bertz CT molecular complexity index is 601. The van der Waals surface area contributed by atoms with Gasteiger partial charge in [-0.2, -0.15) is 0 Å². The molecule has 21 heavy (non-hydrogen) atoms. The lowest BCUT2D eigenvalue weighted by molar-refractivity contribution is 0.0119. The number of fused-ring (bicyclic) bond motifs is 1. The van der Waals surface area contributed by atoms with Crippen molar-refractivity contribution in [3.8, 4) is 0 Å². The fourth-order valence-corrected chi connectivity index (χ4v) is 2.41. The largest absolute Gasteiger partial charge is 0.389 e. The number of aromatic nitrogens is 2. The molecule has 0 aliphatic rings. The van der Waals surface area contributed by atoms with E-state index < -0.39 is 5.60 Å². The molecule has 0 saturated carbocycles. The monoisotopic (exact) mass is 289 g/mol. The highest BCUT2D eigenvalue weighted by Gasteiger charge is 2.26. The summed E-state index contributed by atoms with van der Waals surface area (Å²) in [4.78, 5) is 4.75. The molecule has 1 heterocycles. The lowest BCUT2D eigenvalue weighted by Gasteiger charge is -2.29. The van der Waals surface area contributed by atoms with E-state index in [9.17, 15) is 5.11 Å². The predicted molar refractivity (Wildman–Crippen MR) is 87.3 cm³/mol. The maximum absolute atomic E-state index is 10.4. The highest BCUT2D eigenvalue weighted by atomic mass is 16.3. The number of hydrogen-bond donors (Lipinski definition) is 2. The molecule has 2 N–H and O–H groups in total. The Hall–Kier alpha value is -1.39. The summed E-state index contributed by atoms with van der Waals surface area (Å²) in [5, 5.41) is 13.8. The Labute approximate surface area is 127 Å².